The number of hydrogen-bond acceptors (Lipinski definition) is 3. The third-order valence-corrected chi connectivity index (χ3v) is 6.03. The van der Waals surface area contributed by atoms with Crippen LogP contribution in [-0.2, 0) is 4.43 Å². The summed E-state index contributed by atoms with van der Waals surface area (Å²) in [5, 5.41) is 9.80. The molecule has 25 heavy (non-hydrogen) atoms. The van der Waals surface area contributed by atoms with Crippen molar-refractivity contribution in [3.8, 4) is 5.75 Å². The van der Waals surface area contributed by atoms with Crippen LogP contribution < -0.4 is 4.74 Å². The summed E-state index contributed by atoms with van der Waals surface area (Å²) >= 11 is 0. The Labute approximate surface area is 154 Å². The fraction of sp³-hybridized carbons (Fsp3) is 0.714. The van der Waals surface area contributed by atoms with Gasteiger partial charge in [-0.25, -0.2) is 0 Å². The number of hydrogen-bond donors (Lipinski definition) is 1. The maximum Gasteiger partial charge on any atom is 0.184 e. The van der Waals surface area contributed by atoms with Gasteiger partial charge in [-0.1, -0.05) is 38.3 Å². The highest BCUT2D eigenvalue weighted by atomic mass is 28.4. The molecule has 3 nitrogen and oxygen atoms in total. The molecule has 0 aromatic heterocycles. The zero-order valence-electron chi connectivity index (χ0n) is 16.5. The second-order valence-corrected chi connectivity index (χ2v) is 12.8. The molecule has 1 saturated carbocycles. The molecule has 1 aliphatic rings. The van der Waals surface area contributed by atoms with E-state index in [4.69, 9.17) is 9.16 Å². The van der Waals surface area contributed by atoms with Crippen molar-refractivity contribution in [3.05, 3.63) is 29.8 Å². The van der Waals surface area contributed by atoms with Crippen LogP contribution in [0.4, 0.5) is 0 Å². The molecule has 0 amide bonds. The van der Waals surface area contributed by atoms with Gasteiger partial charge in [-0.15, -0.1) is 0 Å². The van der Waals surface area contributed by atoms with Crippen molar-refractivity contribution < 1.29 is 14.3 Å². The SMILES string of the molecule is CC[C@H](CO)C(O[Si](C)(C)C)c1cccc(OCC2CCCCC2)c1. The summed E-state index contributed by atoms with van der Waals surface area (Å²) in [5.41, 5.74) is 1.13. The van der Waals surface area contributed by atoms with Gasteiger partial charge in [0.1, 0.15) is 5.75 Å². The van der Waals surface area contributed by atoms with Crippen LogP contribution in [0.1, 0.15) is 57.1 Å². The Morgan fingerprint density at radius 1 is 1.16 bits per heavy atom. The molecule has 0 saturated heterocycles. The summed E-state index contributed by atoms with van der Waals surface area (Å²) in [7, 11) is -1.71. The lowest BCUT2D eigenvalue weighted by molar-refractivity contribution is 0.0781. The van der Waals surface area contributed by atoms with Gasteiger partial charge < -0.3 is 14.3 Å². The number of aliphatic hydroxyl groups excluding tert-OH is 1. The fourth-order valence-electron chi connectivity index (χ4n) is 3.61. The number of ether oxygens (including phenoxy) is 1. The van der Waals surface area contributed by atoms with Crippen LogP contribution in [0.5, 0.6) is 5.75 Å². The van der Waals surface area contributed by atoms with E-state index in [2.05, 4.69) is 44.8 Å². The molecule has 1 unspecified atom stereocenters. The Balaban J connectivity index is 2.09. The largest absolute Gasteiger partial charge is 0.493 e. The summed E-state index contributed by atoms with van der Waals surface area (Å²) in [6, 6.07) is 8.32. The Bertz CT molecular complexity index is 502. The maximum absolute atomic E-state index is 9.80. The molecule has 2 atom stereocenters. The van der Waals surface area contributed by atoms with Gasteiger partial charge in [0, 0.05) is 12.5 Å². The van der Waals surface area contributed by atoms with E-state index >= 15 is 0 Å². The zero-order valence-corrected chi connectivity index (χ0v) is 17.5. The lowest BCUT2D eigenvalue weighted by atomic mass is 9.90. The molecule has 0 spiro atoms. The number of rotatable bonds is 9. The Morgan fingerprint density at radius 3 is 2.48 bits per heavy atom. The van der Waals surface area contributed by atoms with Crippen molar-refractivity contribution in [2.24, 2.45) is 11.8 Å². The van der Waals surface area contributed by atoms with Crippen LogP contribution in [0.3, 0.4) is 0 Å². The van der Waals surface area contributed by atoms with E-state index in [-0.39, 0.29) is 18.6 Å². The van der Waals surface area contributed by atoms with E-state index in [1.807, 2.05) is 6.07 Å². The van der Waals surface area contributed by atoms with Crippen molar-refractivity contribution in [3.63, 3.8) is 0 Å². The monoisotopic (exact) mass is 364 g/mol. The second-order valence-electron chi connectivity index (χ2n) is 8.39. The topological polar surface area (TPSA) is 38.7 Å². The molecule has 2 rings (SSSR count). The molecule has 1 aromatic carbocycles. The molecule has 1 N–H and O–H groups in total. The van der Waals surface area contributed by atoms with E-state index in [0.29, 0.717) is 5.92 Å². The molecule has 0 aliphatic heterocycles. The normalized spacial score (nSPS) is 18.8. The molecule has 1 aromatic rings. The average molecular weight is 365 g/mol. The molecular weight excluding hydrogens is 328 g/mol. The average Bonchev–Trinajstić information content (AvgIpc) is 2.60. The highest BCUT2D eigenvalue weighted by Crippen LogP contribution is 2.33. The van der Waals surface area contributed by atoms with E-state index < -0.39 is 8.32 Å². The summed E-state index contributed by atoms with van der Waals surface area (Å²) in [6.45, 7) is 9.69. The first kappa shape index (κ1) is 20.5. The third kappa shape index (κ3) is 6.76. The molecule has 4 heteroatoms. The minimum absolute atomic E-state index is 0.0557. The summed E-state index contributed by atoms with van der Waals surface area (Å²) in [5.74, 6) is 1.76. The van der Waals surface area contributed by atoms with Crippen LogP contribution >= 0.6 is 0 Å². The van der Waals surface area contributed by atoms with Crippen molar-refractivity contribution in [2.75, 3.05) is 13.2 Å². The molecule has 0 radical (unpaired) electrons. The highest BCUT2D eigenvalue weighted by Gasteiger charge is 2.28. The molecule has 1 aliphatic carbocycles. The smallest absolute Gasteiger partial charge is 0.184 e. The highest BCUT2D eigenvalue weighted by molar-refractivity contribution is 6.69. The predicted molar refractivity (Wildman–Crippen MR) is 107 cm³/mol. The van der Waals surface area contributed by atoms with E-state index in [9.17, 15) is 5.11 Å². The molecule has 0 bridgehead atoms. The summed E-state index contributed by atoms with van der Waals surface area (Å²) in [6.07, 6.45) is 7.50. The fourth-order valence-corrected chi connectivity index (χ4v) is 4.70. The van der Waals surface area contributed by atoms with Gasteiger partial charge in [-0.05, 0) is 62.5 Å². The Kier molecular flexibility index (Phi) is 7.98. The molecular formula is C21H36O3Si. The van der Waals surface area contributed by atoms with Crippen molar-refractivity contribution in [2.45, 2.75) is 71.2 Å². The van der Waals surface area contributed by atoms with Gasteiger partial charge in [0.05, 0.1) is 12.7 Å². The van der Waals surface area contributed by atoms with Crippen molar-refractivity contribution in [1.82, 2.24) is 0 Å². The first-order chi connectivity index (χ1) is 11.9. The van der Waals surface area contributed by atoms with Gasteiger partial charge in [0.2, 0.25) is 0 Å². The summed E-state index contributed by atoms with van der Waals surface area (Å²) in [4.78, 5) is 0. The van der Waals surface area contributed by atoms with Crippen LogP contribution in [0, 0.1) is 11.8 Å². The van der Waals surface area contributed by atoms with Gasteiger partial charge in [-0.2, -0.15) is 0 Å². The van der Waals surface area contributed by atoms with Gasteiger partial charge in [-0.3, -0.25) is 0 Å². The van der Waals surface area contributed by atoms with Crippen molar-refractivity contribution in [1.29, 1.82) is 0 Å². The van der Waals surface area contributed by atoms with Crippen LogP contribution in [0.15, 0.2) is 24.3 Å². The lowest BCUT2D eigenvalue weighted by Gasteiger charge is -2.32. The first-order valence-electron chi connectivity index (χ1n) is 9.94. The Morgan fingerprint density at radius 2 is 1.88 bits per heavy atom. The molecule has 142 valence electrons. The first-order valence-corrected chi connectivity index (χ1v) is 13.3. The third-order valence-electron chi connectivity index (χ3n) is 5.06. The van der Waals surface area contributed by atoms with Crippen LogP contribution in [-0.4, -0.2) is 26.6 Å². The molecule has 1 fully saturated rings. The number of benzene rings is 1. The second kappa shape index (κ2) is 9.74. The van der Waals surface area contributed by atoms with Gasteiger partial charge in [0.15, 0.2) is 8.32 Å². The van der Waals surface area contributed by atoms with Crippen LogP contribution in [0.25, 0.3) is 0 Å². The predicted octanol–water partition coefficient (Wildman–Crippen LogP) is 5.56. The van der Waals surface area contributed by atoms with E-state index in [1.54, 1.807) is 0 Å². The minimum atomic E-state index is -1.71. The number of aliphatic hydroxyl groups is 1. The quantitative estimate of drug-likeness (QED) is 0.583. The standard InChI is InChI=1S/C21H36O3Si/c1-5-18(15-22)21(24-25(2,3)4)19-12-9-13-20(14-19)23-16-17-10-7-6-8-11-17/h9,12-14,17-18,21-22H,5-8,10-11,15-16H2,1-4H3/t18-,21?/m1/s1. The molecule has 0 heterocycles. The van der Waals surface area contributed by atoms with E-state index in [1.165, 1.54) is 32.1 Å². The van der Waals surface area contributed by atoms with Crippen molar-refractivity contribution >= 4 is 8.32 Å². The maximum atomic E-state index is 9.80. The summed E-state index contributed by atoms with van der Waals surface area (Å²) < 4.78 is 12.5. The van der Waals surface area contributed by atoms with Gasteiger partial charge >= 0.3 is 0 Å². The van der Waals surface area contributed by atoms with Crippen LogP contribution in [0.2, 0.25) is 19.6 Å². The lowest BCUT2D eigenvalue weighted by Crippen LogP contribution is -2.32. The zero-order chi connectivity index (χ0) is 18.3. The Hall–Kier alpha value is -0.843. The van der Waals surface area contributed by atoms with E-state index in [0.717, 1.165) is 24.3 Å². The van der Waals surface area contributed by atoms with Gasteiger partial charge in [0.25, 0.3) is 0 Å². The minimum Gasteiger partial charge on any atom is -0.493 e.